The predicted octanol–water partition coefficient (Wildman–Crippen LogP) is 2.83. The molecule has 6 nitrogen and oxygen atoms in total. The van der Waals surface area contributed by atoms with Gasteiger partial charge in [0, 0.05) is 38.4 Å². The zero-order valence-electron chi connectivity index (χ0n) is 16.0. The van der Waals surface area contributed by atoms with Crippen LogP contribution in [0.1, 0.15) is 27.2 Å². The molecule has 1 atom stereocenters. The Morgan fingerprint density at radius 3 is 2.81 bits per heavy atom. The van der Waals surface area contributed by atoms with E-state index in [0.717, 1.165) is 64.0 Å². The molecule has 8 heteroatoms. The molecule has 0 radical (unpaired) electrons. The Labute approximate surface area is 179 Å². The first-order valence-corrected chi connectivity index (χ1v) is 9.68. The standard InChI is InChI=1S/C18H31ClN6.HI/c1-4-20-18(22-11-13-24(5-2)6-3)23-15-9-12-25(14-15)17-16(19)8-7-10-21-17;/h7-8,10,15H,4-6,9,11-14H2,1-3H3,(H2,20,22,23);1H. The summed E-state index contributed by atoms with van der Waals surface area (Å²) in [5, 5.41) is 7.61. The molecule has 0 spiro atoms. The Hall–Kier alpha value is -0.800. The quantitative estimate of drug-likeness (QED) is 0.331. The lowest BCUT2D eigenvalue weighted by molar-refractivity contribution is 0.313. The molecule has 1 aromatic heterocycles. The van der Waals surface area contributed by atoms with E-state index in [1.54, 1.807) is 6.20 Å². The summed E-state index contributed by atoms with van der Waals surface area (Å²) in [5.41, 5.74) is 0. The van der Waals surface area contributed by atoms with E-state index in [-0.39, 0.29) is 24.0 Å². The van der Waals surface area contributed by atoms with Gasteiger partial charge in [-0.15, -0.1) is 24.0 Å². The van der Waals surface area contributed by atoms with E-state index in [1.807, 2.05) is 12.1 Å². The van der Waals surface area contributed by atoms with Gasteiger partial charge in [-0.3, -0.25) is 4.99 Å². The number of likely N-dealkylation sites (N-methyl/N-ethyl adjacent to an activating group) is 1. The summed E-state index contributed by atoms with van der Waals surface area (Å²) in [6.45, 7) is 13.1. The van der Waals surface area contributed by atoms with Crippen molar-refractivity contribution in [1.29, 1.82) is 0 Å². The first kappa shape index (κ1) is 23.2. The third-order valence-corrected chi connectivity index (χ3v) is 4.79. The highest BCUT2D eigenvalue weighted by atomic mass is 127. The largest absolute Gasteiger partial charge is 0.357 e. The number of nitrogens with one attached hydrogen (secondary N) is 2. The predicted molar refractivity (Wildman–Crippen MR) is 122 cm³/mol. The second-order valence-corrected chi connectivity index (χ2v) is 6.58. The number of pyridine rings is 1. The maximum atomic E-state index is 6.27. The van der Waals surface area contributed by atoms with E-state index in [2.05, 4.69) is 46.2 Å². The molecule has 1 aromatic rings. The maximum absolute atomic E-state index is 6.27. The van der Waals surface area contributed by atoms with Crippen molar-refractivity contribution in [2.45, 2.75) is 33.2 Å². The van der Waals surface area contributed by atoms with Crippen LogP contribution in [-0.2, 0) is 0 Å². The van der Waals surface area contributed by atoms with Crippen LogP contribution in [0.2, 0.25) is 5.02 Å². The summed E-state index contributed by atoms with van der Waals surface area (Å²) < 4.78 is 0. The van der Waals surface area contributed by atoms with Crippen molar-refractivity contribution >= 4 is 47.4 Å². The number of anilines is 1. The van der Waals surface area contributed by atoms with Crippen LogP contribution in [0.5, 0.6) is 0 Å². The van der Waals surface area contributed by atoms with Crippen molar-refractivity contribution in [3.05, 3.63) is 23.4 Å². The van der Waals surface area contributed by atoms with Crippen LogP contribution in [0.25, 0.3) is 0 Å². The lowest BCUT2D eigenvalue weighted by atomic mass is 10.3. The van der Waals surface area contributed by atoms with Crippen molar-refractivity contribution in [3.8, 4) is 0 Å². The summed E-state index contributed by atoms with van der Waals surface area (Å²) in [6, 6.07) is 4.11. The molecule has 26 heavy (non-hydrogen) atoms. The van der Waals surface area contributed by atoms with Gasteiger partial charge in [0.05, 0.1) is 11.6 Å². The molecule has 1 unspecified atom stereocenters. The first-order chi connectivity index (χ1) is 12.2. The van der Waals surface area contributed by atoms with E-state index < -0.39 is 0 Å². The van der Waals surface area contributed by atoms with Crippen LogP contribution in [0.4, 0.5) is 5.82 Å². The molecule has 0 bridgehead atoms. The summed E-state index contributed by atoms with van der Waals surface area (Å²) in [6.07, 6.45) is 2.84. The van der Waals surface area contributed by atoms with E-state index >= 15 is 0 Å². The fraction of sp³-hybridized carbons (Fsp3) is 0.667. The third-order valence-electron chi connectivity index (χ3n) is 4.49. The number of hydrogen-bond donors (Lipinski definition) is 2. The second-order valence-electron chi connectivity index (χ2n) is 6.17. The highest BCUT2D eigenvalue weighted by Crippen LogP contribution is 2.25. The van der Waals surface area contributed by atoms with Gasteiger partial charge in [0.1, 0.15) is 5.82 Å². The fourth-order valence-electron chi connectivity index (χ4n) is 3.04. The van der Waals surface area contributed by atoms with Crippen molar-refractivity contribution in [2.75, 3.05) is 50.7 Å². The van der Waals surface area contributed by atoms with Gasteiger partial charge >= 0.3 is 0 Å². The number of rotatable bonds is 8. The summed E-state index contributed by atoms with van der Waals surface area (Å²) >= 11 is 6.27. The van der Waals surface area contributed by atoms with Gasteiger partial charge in [0.15, 0.2) is 5.96 Å². The van der Waals surface area contributed by atoms with E-state index in [9.17, 15) is 0 Å². The molecule has 0 saturated carbocycles. The molecule has 2 heterocycles. The van der Waals surface area contributed by atoms with Gasteiger partial charge in [-0.05, 0) is 38.6 Å². The minimum atomic E-state index is 0. The van der Waals surface area contributed by atoms with Crippen LogP contribution in [0.15, 0.2) is 23.3 Å². The van der Waals surface area contributed by atoms with Gasteiger partial charge < -0.3 is 20.4 Å². The minimum absolute atomic E-state index is 0. The molecule has 2 rings (SSSR count). The Kier molecular flexibility index (Phi) is 11.2. The maximum Gasteiger partial charge on any atom is 0.191 e. The van der Waals surface area contributed by atoms with E-state index in [0.29, 0.717) is 11.1 Å². The Morgan fingerprint density at radius 1 is 1.38 bits per heavy atom. The average molecular weight is 495 g/mol. The Morgan fingerprint density at radius 2 is 2.15 bits per heavy atom. The molecule has 0 aliphatic carbocycles. The third kappa shape index (κ3) is 7.08. The van der Waals surface area contributed by atoms with Crippen molar-refractivity contribution < 1.29 is 0 Å². The fourth-order valence-corrected chi connectivity index (χ4v) is 3.28. The second kappa shape index (κ2) is 12.6. The summed E-state index contributed by atoms with van der Waals surface area (Å²) in [5.74, 6) is 1.77. The van der Waals surface area contributed by atoms with E-state index in [1.165, 1.54) is 0 Å². The SMILES string of the molecule is CCNC(=NCCN(CC)CC)NC1CCN(c2ncccc2Cl)C1.I. The first-order valence-electron chi connectivity index (χ1n) is 9.30. The molecule has 1 saturated heterocycles. The molecule has 1 aliphatic rings. The summed E-state index contributed by atoms with van der Waals surface area (Å²) in [4.78, 5) is 13.8. The van der Waals surface area contributed by atoms with Gasteiger partial charge in [-0.1, -0.05) is 25.4 Å². The van der Waals surface area contributed by atoms with Crippen LogP contribution in [0.3, 0.4) is 0 Å². The van der Waals surface area contributed by atoms with Crippen molar-refractivity contribution in [3.63, 3.8) is 0 Å². The van der Waals surface area contributed by atoms with Crippen molar-refractivity contribution in [2.24, 2.45) is 4.99 Å². The van der Waals surface area contributed by atoms with Gasteiger partial charge in [0.25, 0.3) is 0 Å². The molecule has 1 aliphatic heterocycles. The monoisotopic (exact) mass is 494 g/mol. The lowest BCUT2D eigenvalue weighted by Gasteiger charge is -2.21. The lowest BCUT2D eigenvalue weighted by Crippen LogP contribution is -2.45. The molecular weight excluding hydrogens is 463 g/mol. The van der Waals surface area contributed by atoms with Crippen LogP contribution in [-0.4, -0.2) is 67.7 Å². The van der Waals surface area contributed by atoms with Crippen molar-refractivity contribution in [1.82, 2.24) is 20.5 Å². The van der Waals surface area contributed by atoms with Crippen LogP contribution < -0.4 is 15.5 Å². The molecular formula is C18H32ClIN6. The highest BCUT2D eigenvalue weighted by molar-refractivity contribution is 14.0. The van der Waals surface area contributed by atoms with E-state index in [4.69, 9.17) is 16.6 Å². The number of hydrogen-bond acceptors (Lipinski definition) is 4. The Balaban J connectivity index is 0.00000338. The van der Waals surface area contributed by atoms with Gasteiger partial charge in [-0.2, -0.15) is 0 Å². The number of aliphatic imine (C=N–C) groups is 1. The number of guanidine groups is 1. The molecule has 148 valence electrons. The highest BCUT2D eigenvalue weighted by Gasteiger charge is 2.25. The zero-order valence-corrected chi connectivity index (χ0v) is 19.1. The number of halogens is 2. The van der Waals surface area contributed by atoms with Gasteiger partial charge in [0.2, 0.25) is 0 Å². The van der Waals surface area contributed by atoms with Crippen LogP contribution >= 0.6 is 35.6 Å². The summed E-state index contributed by atoms with van der Waals surface area (Å²) in [7, 11) is 0. The van der Waals surface area contributed by atoms with Gasteiger partial charge in [-0.25, -0.2) is 4.98 Å². The normalized spacial score (nSPS) is 17.3. The zero-order chi connectivity index (χ0) is 18.1. The minimum Gasteiger partial charge on any atom is -0.357 e. The molecule has 1 fully saturated rings. The molecule has 0 aromatic carbocycles. The average Bonchev–Trinajstić information content (AvgIpc) is 3.07. The van der Waals surface area contributed by atoms with Crippen LogP contribution in [0, 0.1) is 0 Å². The number of nitrogens with zero attached hydrogens (tertiary/aromatic N) is 4. The number of aromatic nitrogens is 1. The smallest absolute Gasteiger partial charge is 0.191 e. The molecule has 2 N–H and O–H groups in total. The molecule has 0 amide bonds. The topological polar surface area (TPSA) is 55.8 Å². The Bertz CT molecular complexity index is 552.